The fourth-order valence-corrected chi connectivity index (χ4v) is 4.15. The van der Waals surface area contributed by atoms with Crippen LogP contribution in [0.2, 0.25) is 0 Å². The van der Waals surface area contributed by atoms with Crippen LogP contribution >= 0.6 is 15.9 Å². The van der Waals surface area contributed by atoms with Gasteiger partial charge in [-0.2, -0.15) is 0 Å². The van der Waals surface area contributed by atoms with E-state index in [1.807, 2.05) is 43.3 Å². The van der Waals surface area contributed by atoms with E-state index in [1.54, 1.807) is 32.9 Å². The molecule has 3 rings (SSSR count). The number of nitrogens with zero attached hydrogens (tertiary/aromatic N) is 1. The van der Waals surface area contributed by atoms with E-state index in [0.717, 1.165) is 21.2 Å². The van der Waals surface area contributed by atoms with Crippen molar-refractivity contribution in [3.8, 4) is 0 Å². The maximum absolute atomic E-state index is 13.8. The second kappa shape index (κ2) is 7.21. The van der Waals surface area contributed by atoms with Gasteiger partial charge in [-0.25, -0.2) is 9.69 Å². The molecule has 1 atom stereocenters. The summed E-state index contributed by atoms with van der Waals surface area (Å²) in [4.78, 5) is 28.0. The Balaban J connectivity index is 2.29. The highest BCUT2D eigenvalue weighted by Gasteiger charge is 2.54. The zero-order chi connectivity index (χ0) is 20.7. The molecule has 2 amide bonds. The third-order valence-corrected chi connectivity index (χ3v) is 5.35. The van der Waals surface area contributed by atoms with Crippen LogP contribution in [-0.2, 0) is 14.9 Å². The number of imide groups is 1. The minimum atomic E-state index is -1.02. The zero-order valence-corrected chi connectivity index (χ0v) is 18.2. The van der Waals surface area contributed by atoms with E-state index >= 15 is 0 Å². The predicted octanol–water partition coefficient (Wildman–Crippen LogP) is 5.90. The second-order valence-electron chi connectivity index (χ2n) is 8.00. The van der Waals surface area contributed by atoms with Crippen LogP contribution in [0, 0.1) is 6.92 Å². The summed E-state index contributed by atoms with van der Waals surface area (Å²) in [7, 11) is 0. The number of benzene rings is 2. The number of aryl methyl sites for hydroxylation is 1. The van der Waals surface area contributed by atoms with Gasteiger partial charge in [-0.15, -0.1) is 6.58 Å². The first-order valence-electron chi connectivity index (χ1n) is 9.16. The van der Waals surface area contributed by atoms with Gasteiger partial charge in [-0.1, -0.05) is 46.3 Å². The lowest BCUT2D eigenvalue weighted by Gasteiger charge is -2.30. The van der Waals surface area contributed by atoms with Gasteiger partial charge in [-0.05, 0) is 69.0 Å². The van der Waals surface area contributed by atoms with E-state index in [-0.39, 0.29) is 5.91 Å². The first-order chi connectivity index (χ1) is 13.1. The summed E-state index contributed by atoms with van der Waals surface area (Å²) in [5.41, 5.74) is 1.43. The Morgan fingerprint density at radius 3 is 2.50 bits per heavy atom. The molecule has 1 aliphatic rings. The minimum absolute atomic E-state index is 0.316. The molecule has 1 heterocycles. The number of ether oxygens (including phenoxy) is 1. The highest BCUT2D eigenvalue weighted by molar-refractivity contribution is 9.10. The van der Waals surface area contributed by atoms with Gasteiger partial charge in [-0.3, -0.25) is 4.79 Å². The fourth-order valence-electron chi connectivity index (χ4n) is 3.79. The quantitative estimate of drug-likeness (QED) is 0.556. The first kappa shape index (κ1) is 20.3. The van der Waals surface area contributed by atoms with E-state index in [2.05, 4.69) is 22.5 Å². The van der Waals surface area contributed by atoms with Crippen LogP contribution in [0.1, 0.15) is 43.9 Å². The van der Waals surface area contributed by atoms with Crippen molar-refractivity contribution in [1.29, 1.82) is 0 Å². The molecule has 0 saturated carbocycles. The molecule has 0 N–H and O–H groups in total. The highest BCUT2D eigenvalue weighted by Crippen LogP contribution is 2.50. The molecule has 0 bridgehead atoms. The molecule has 0 spiro atoms. The Labute approximate surface area is 174 Å². The molecule has 0 radical (unpaired) electrons. The molecule has 2 aromatic rings. The molecule has 0 fully saturated rings. The third-order valence-electron chi connectivity index (χ3n) is 4.86. The Morgan fingerprint density at radius 1 is 1.21 bits per heavy atom. The molecular formula is C23H24BrNO3. The number of amides is 2. The minimum Gasteiger partial charge on any atom is -0.443 e. The number of halogens is 1. The summed E-state index contributed by atoms with van der Waals surface area (Å²) < 4.78 is 6.39. The Kier molecular flexibility index (Phi) is 5.24. The number of hydrogen-bond donors (Lipinski definition) is 0. The van der Waals surface area contributed by atoms with Gasteiger partial charge in [0.25, 0.3) is 5.91 Å². The molecule has 146 valence electrons. The SMILES string of the molecule is C=CC[C@]1(c2ccccc2C)C(=O)N(C(=O)OC(C)(C)C)c2ccc(Br)cc21. The zero-order valence-electron chi connectivity index (χ0n) is 16.6. The number of fused-ring (bicyclic) bond motifs is 1. The van der Waals surface area contributed by atoms with Crippen molar-refractivity contribution in [2.24, 2.45) is 0 Å². The molecule has 0 aromatic heterocycles. The van der Waals surface area contributed by atoms with Gasteiger partial charge in [0.05, 0.1) is 5.69 Å². The van der Waals surface area contributed by atoms with Crippen LogP contribution in [0.5, 0.6) is 0 Å². The van der Waals surface area contributed by atoms with Crippen LogP contribution in [0.15, 0.2) is 59.6 Å². The van der Waals surface area contributed by atoms with E-state index in [4.69, 9.17) is 4.74 Å². The number of hydrogen-bond acceptors (Lipinski definition) is 3. The van der Waals surface area contributed by atoms with Gasteiger partial charge >= 0.3 is 6.09 Å². The van der Waals surface area contributed by atoms with E-state index < -0.39 is 17.1 Å². The number of allylic oxidation sites excluding steroid dienone is 1. The second-order valence-corrected chi connectivity index (χ2v) is 8.91. The highest BCUT2D eigenvalue weighted by atomic mass is 79.9. The fraction of sp³-hybridized carbons (Fsp3) is 0.304. The lowest BCUT2D eigenvalue weighted by atomic mass is 9.71. The number of rotatable bonds is 3. The molecule has 28 heavy (non-hydrogen) atoms. The average molecular weight is 442 g/mol. The van der Waals surface area contributed by atoms with Crippen molar-refractivity contribution in [3.05, 3.63) is 76.3 Å². The number of anilines is 1. The Morgan fingerprint density at radius 2 is 1.89 bits per heavy atom. The molecular weight excluding hydrogens is 418 g/mol. The van der Waals surface area contributed by atoms with Crippen molar-refractivity contribution in [1.82, 2.24) is 0 Å². The number of carbonyl (C=O) groups excluding carboxylic acids is 2. The maximum atomic E-state index is 13.8. The van der Waals surface area contributed by atoms with Crippen LogP contribution in [0.25, 0.3) is 0 Å². The molecule has 0 aliphatic carbocycles. The van der Waals surface area contributed by atoms with E-state index in [1.165, 1.54) is 4.90 Å². The first-order valence-corrected chi connectivity index (χ1v) is 9.95. The monoisotopic (exact) mass is 441 g/mol. The Bertz CT molecular complexity index is 961. The smallest absolute Gasteiger partial charge is 0.421 e. The molecule has 5 heteroatoms. The average Bonchev–Trinajstić information content (AvgIpc) is 2.83. The van der Waals surface area contributed by atoms with Gasteiger partial charge in [0.2, 0.25) is 0 Å². The summed E-state index contributed by atoms with van der Waals surface area (Å²) in [6.07, 6.45) is 1.44. The van der Waals surface area contributed by atoms with E-state index in [0.29, 0.717) is 12.1 Å². The molecule has 4 nitrogen and oxygen atoms in total. The van der Waals surface area contributed by atoms with Gasteiger partial charge in [0.1, 0.15) is 11.0 Å². The molecule has 0 unspecified atom stereocenters. The van der Waals surface area contributed by atoms with Crippen LogP contribution in [0.3, 0.4) is 0 Å². The van der Waals surface area contributed by atoms with Crippen molar-refractivity contribution >= 4 is 33.6 Å². The van der Waals surface area contributed by atoms with Gasteiger partial charge < -0.3 is 4.74 Å². The van der Waals surface area contributed by atoms with Gasteiger partial charge in [0.15, 0.2) is 0 Å². The summed E-state index contributed by atoms with van der Waals surface area (Å²) in [6, 6.07) is 13.3. The largest absolute Gasteiger partial charge is 0.443 e. The van der Waals surface area contributed by atoms with E-state index in [9.17, 15) is 9.59 Å². The Hall–Kier alpha value is -2.40. The predicted molar refractivity (Wildman–Crippen MR) is 115 cm³/mol. The third kappa shape index (κ3) is 3.28. The molecule has 1 aliphatic heterocycles. The van der Waals surface area contributed by atoms with Crippen LogP contribution in [-0.4, -0.2) is 17.6 Å². The summed E-state index contributed by atoms with van der Waals surface area (Å²) in [6.45, 7) is 11.2. The lowest BCUT2D eigenvalue weighted by Crippen LogP contribution is -2.46. The summed E-state index contributed by atoms with van der Waals surface area (Å²) in [5, 5.41) is 0. The normalized spacial score (nSPS) is 18.8. The van der Waals surface area contributed by atoms with Crippen molar-refractivity contribution in [2.75, 3.05) is 4.90 Å². The van der Waals surface area contributed by atoms with Gasteiger partial charge in [0, 0.05) is 4.47 Å². The standard InChI is InChI=1S/C23H24BrNO3/c1-6-13-23(17-10-8-7-9-15(17)2)18-14-16(24)11-12-19(18)25(20(23)26)21(27)28-22(3,4)5/h6-12,14H,1,13H2,2-5H3/t23-/m1/s1. The van der Waals surface area contributed by atoms with Crippen molar-refractivity contribution < 1.29 is 14.3 Å². The van der Waals surface area contributed by atoms with Crippen molar-refractivity contribution in [3.63, 3.8) is 0 Å². The maximum Gasteiger partial charge on any atom is 0.421 e. The number of carbonyl (C=O) groups is 2. The molecule has 2 aromatic carbocycles. The lowest BCUT2D eigenvalue weighted by molar-refractivity contribution is -0.121. The topological polar surface area (TPSA) is 46.6 Å². The van der Waals surface area contributed by atoms with Crippen LogP contribution in [0.4, 0.5) is 10.5 Å². The summed E-state index contributed by atoms with van der Waals surface area (Å²) >= 11 is 3.51. The van der Waals surface area contributed by atoms with Crippen molar-refractivity contribution in [2.45, 2.75) is 45.1 Å². The summed E-state index contributed by atoms with van der Waals surface area (Å²) in [5.74, 6) is -0.316. The van der Waals surface area contributed by atoms with Crippen LogP contribution < -0.4 is 4.90 Å². The molecule has 0 saturated heterocycles.